The SMILES string of the molecule is COC(=O)C1=C(N)Oc2cc(C)[nH]c(=O)c2[C@@]12C(=O)N(CC(N)=O)c1ccccc12. The molecule has 10 heteroatoms. The van der Waals surface area contributed by atoms with Crippen LogP contribution < -0.4 is 26.7 Å². The number of benzene rings is 1. The molecule has 10 nitrogen and oxygen atoms in total. The van der Waals surface area contributed by atoms with Gasteiger partial charge in [-0.1, -0.05) is 18.2 Å². The lowest BCUT2D eigenvalue weighted by molar-refractivity contribution is -0.138. The standard InChI is InChI=1S/C20H18N4O6/c1-9-7-12-14(17(26)23-9)20(15(16(22)30-12)18(27)29-2)10-5-3-4-6-11(10)24(19(20)28)8-13(21)25/h3-7H,8,22H2,1-2H3,(H2,21,25)(H,23,26)/t20-/m1/s1. The molecule has 5 N–H and O–H groups in total. The minimum absolute atomic E-state index is 0.0329. The third kappa shape index (κ3) is 2.36. The predicted octanol–water partition coefficient (Wildman–Crippen LogP) is -0.463. The molecule has 1 atom stereocenters. The van der Waals surface area contributed by atoms with Crippen LogP contribution in [0.25, 0.3) is 0 Å². The first-order chi connectivity index (χ1) is 14.2. The molecular formula is C20H18N4O6. The molecule has 0 bridgehead atoms. The van der Waals surface area contributed by atoms with Gasteiger partial charge >= 0.3 is 5.97 Å². The van der Waals surface area contributed by atoms with Crippen molar-refractivity contribution in [3.8, 4) is 5.75 Å². The van der Waals surface area contributed by atoms with Gasteiger partial charge in [0.1, 0.15) is 23.3 Å². The molecule has 2 aromatic rings. The number of aryl methyl sites for hydroxylation is 1. The number of methoxy groups -OCH3 is 1. The normalized spacial score (nSPS) is 19.4. The van der Waals surface area contributed by atoms with Crippen molar-refractivity contribution >= 4 is 23.5 Å². The fourth-order valence-electron chi connectivity index (χ4n) is 4.18. The van der Waals surface area contributed by atoms with Crippen LogP contribution in [0.5, 0.6) is 5.75 Å². The summed E-state index contributed by atoms with van der Waals surface area (Å²) in [6.45, 7) is 1.18. The first-order valence-corrected chi connectivity index (χ1v) is 8.94. The molecule has 0 unspecified atom stereocenters. The highest BCUT2D eigenvalue weighted by molar-refractivity contribution is 6.19. The number of fused-ring (bicyclic) bond motifs is 4. The van der Waals surface area contributed by atoms with E-state index in [0.717, 1.165) is 12.0 Å². The van der Waals surface area contributed by atoms with Crippen LogP contribution in [0, 0.1) is 6.92 Å². The highest BCUT2D eigenvalue weighted by atomic mass is 16.5. The number of ether oxygens (including phenoxy) is 2. The Morgan fingerprint density at radius 3 is 2.63 bits per heavy atom. The number of hydrogen-bond donors (Lipinski definition) is 3. The number of H-pyrrole nitrogens is 1. The second-order valence-corrected chi connectivity index (χ2v) is 6.98. The lowest BCUT2D eigenvalue weighted by atomic mass is 9.68. The Bertz CT molecular complexity index is 1210. The Morgan fingerprint density at radius 2 is 1.97 bits per heavy atom. The molecule has 2 aliphatic heterocycles. The molecule has 30 heavy (non-hydrogen) atoms. The summed E-state index contributed by atoms with van der Waals surface area (Å²) in [5.41, 5.74) is 9.45. The number of primary amides is 1. The zero-order valence-electron chi connectivity index (χ0n) is 16.1. The largest absolute Gasteiger partial charge is 0.465 e. The minimum atomic E-state index is -1.96. The van der Waals surface area contributed by atoms with Gasteiger partial charge in [0.15, 0.2) is 0 Å². The van der Waals surface area contributed by atoms with Gasteiger partial charge in [0, 0.05) is 23.0 Å². The van der Waals surface area contributed by atoms with E-state index in [-0.39, 0.29) is 22.8 Å². The third-order valence-electron chi connectivity index (χ3n) is 5.22. The van der Waals surface area contributed by atoms with Gasteiger partial charge in [0.25, 0.3) is 5.56 Å². The monoisotopic (exact) mass is 410 g/mol. The number of carbonyl (C=O) groups excluding carboxylic acids is 3. The van der Waals surface area contributed by atoms with Crippen molar-refractivity contribution in [2.45, 2.75) is 12.3 Å². The summed E-state index contributed by atoms with van der Waals surface area (Å²) in [7, 11) is 1.12. The van der Waals surface area contributed by atoms with Crippen molar-refractivity contribution in [3.63, 3.8) is 0 Å². The number of nitrogens with one attached hydrogen (secondary N) is 1. The van der Waals surface area contributed by atoms with E-state index in [2.05, 4.69) is 4.98 Å². The van der Waals surface area contributed by atoms with E-state index in [1.54, 1.807) is 31.2 Å². The Kier molecular flexibility index (Phi) is 4.15. The fourth-order valence-corrected chi connectivity index (χ4v) is 4.18. The van der Waals surface area contributed by atoms with Gasteiger partial charge in [0.2, 0.25) is 17.7 Å². The Balaban J connectivity index is 2.18. The van der Waals surface area contributed by atoms with Crippen LogP contribution >= 0.6 is 0 Å². The number of amides is 2. The van der Waals surface area contributed by atoms with Gasteiger partial charge in [-0.05, 0) is 13.0 Å². The maximum Gasteiger partial charge on any atom is 0.340 e. The summed E-state index contributed by atoms with van der Waals surface area (Å²) in [6, 6.07) is 7.98. The molecular weight excluding hydrogens is 392 g/mol. The van der Waals surface area contributed by atoms with E-state index >= 15 is 0 Å². The van der Waals surface area contributed by atoms with Crippen LogP contribution in [0.2, 0.25) is 0 Å². The molecule has 0 saturated heterocycles. The van der Waals surface area contributed by atoms with E-state index in [9.17, 15) is 19.2 Å². The molecule has 0 fully saturated rings. The van der Waals surface area contributed by atoms with E-state index < -0.39 is 35.3 Å². The Hall–Kier alpha value is -4.08. The molecule has 1 aromatic heterocycles. The smallest absolute Gasteiger partial charge is 0.340 e. The van der Waals surface area contributed by atoms with Gasteiger partial charge in [-0.3, -0.25) is 14.4 Å². The number of anilines is 1. The zero-order chi connectivity index (χ0) is 21.8. The minimum Gasteiger partial charge on any atom is -0.465 e. The maximum absolute atomic E-state index is 13.9. The number of carbonyl (C=O) groups is 3. The highest BCUT2D eigenvalue weighted by Gasteiger charge is 2.62. The van der Waals surface area contributed by atoms with Crippen molar-refractivity contribution in [2.75, 3.05) is 18.6 Å². The van der Waals surface area contributed by atoms with E-state index in [1.807, 2.05) is 0 Å². The van der Waals surface area contributed by atoms with Gasteiger partial charge < -0.3 is 30.8 Å². The van der Waals surface area contributed by atoms with Gasteiger partial charge in [0.05, 0.1) is 12.7 Å². The number of aromatic nitrogens is 1. The third-order valence-corrected chi connectivity index (χ3v) is 5.22. The summed E-state index contributed by atoms with van der Waals surface area (Å²) in [5.74, 6) is -2.78. The van der Waals surface area contributed by atoms with Gasteiger partial charge in [-0.15, -0.1) is 0 Å². The van der Waals surface area contributed by atoms with Crippen molar-refractivity contribution < 1.29 is 23.9 Å². The number of pyridine rings is 1. The van der Waals surface area contributed by atoms with E-state index in [0.29, 0.717) is 16.9 Å². The van der Waals surface area contributed by atoms with Crippen LogP contribution in [0.3, 0.4) is 0 Å². The number of nitrogens with zero attached hydrogens (tertiary/aromatic N) is 1. The van der Waals surface area contributed by atoms with E-state index in [4.69, 9.17) is 20.9 Å². The second-order valence-electron chi connectivity index (χ2n) is 6.98. The molecule has 4 rings (SSSR count). The van der Waals surface area contributed by atoms with Crippen molar-refractivity contribution in [3.05, 3.63) is 69.0 Å². The molecule has 1 spiro atoms. The predicted molar refractivity (Wildman–Crippen MR) is 104 cm³/mol. The van der Waals surface area contributed by atoms with Crippen LogP contribution in [0.15, 0.2) is 46.6 Å². The van der Waals surface area contributed by atoms with Crippen molar-refractivity contribution in [2.24, 2.45) is 11.5 Å². The average molecular weight is 410 g/mol. The number of rotatable bonds is 3. The lowest BCUT2D eigenvalue weighted by Gasteiger charge is -2.35. The van der Waals surface area contributed by atoms with Crippen molar-refractivity contribution in [1.82, 2.24) is 4.98 Å². The summed E-state index contributed by atoms with van der Waals surface area (Å²) in [5, 5.41) is 0. The highest BCUT2D eigenvalue weighted by Crippen LogP contribution is 2.54. The lowest BCUT2D eigenvalue weighted by Crippen LogP contribution is -2.52. The number of hydrogen-bond acceptors (Lipinski definition) is 7. The second kappa shape index (κ2) is 6.48. The Morgan fingerprint density at radius 1 is 1.27 bits per heavy atom. The van der Waals surface area contributed by atoms with Crippen LogP contribution in [-0.2, 0) is 24.5 Å². The quantitative estimate of drug-likeness (QED) is 0.578. The van der Waals surface area contributed by atoms with Crippen molar-refractivity contribution in [1.29, 1.82) is 0 Å². The maximum atomic E-state index is 13.9. The summed E-state index contributed by atoms with van der Waals surface area (Å²) < 4.78 is 10.4. The summed E-state index contributed by atoms with van der Waals surface area (Å²) >= 11 is 0. The molecule has 1 aromatic carbocycles. The first-order valence-electron chi connectivity index (χ1n) is 8.94. The van der Waals surface area contributed by atoms with Crippen LogP contribution in [0.1, 0.15) is 16.8 Å². The van der Waals surface area contributed by atoms with Gasteiger partial charge in [-0.2, -0.15) is 0 Å². The molecule has 0 aliphatic carbocycles. The molecule has 2 amide bonds. The number of esters is 1. The molecule has 154 valence electrons. The first kappa shape index (κ1) is 19.2. The Labute approximate surface area is 170 Å². The van der Waals surface area contributed by atoms with Crippen LogP contribution in [-0.4, -0.2) is 36.4 Å². The molecule has 0 radical (unpaired) electrons. The summed E-state index contributed by atoms with van der Waals surface area (Å²) in [6.07, 6.45) is 0. The number of aromatic amines is 1. The zero-order valence-corrected chi connectivity index (χ0v) is 16.1. The van der Waals surface area contributed by atoms with Crippen LogP contribution in [0.4, 0.5) is 5.69 Å². The van der Waals surface area contributed by atoms with Gasteiger partial charge in [-0.25, -0.2) is 4.79 Å². The number of para-hydroxylation sites is 1. The van der Waals surface area contributed by atoms with E-state index in [1.165, 1.54) is 6.07 Å². The summed E-state index contributed by atoms with van der Waals surface area (Å²) in [4.78, 5) is 55.2. The topological polar surface area (TPSA) is 158 Å². The molecule has 0 saturated carbocycles. The fraction of sp³-hybridized carbons (Fsp3) is 0.200. The number of nitrogens with two attached hydrogens (primary N) is 2. The molecule has 2 aliphatic rings. The molecule has 3 heterocycles. The average Bonchev–Trinajstić information content (AvgIpc) is 2.90.